The number of nitrogens with zero attached hydrogens (tertiary/aromatic N) is 5. The molecule has 0 radical (unpaired) electrons. The van der Waals surface area contributed by atoms with Gasteiger partial charge in [0.05, 0.1) is 49.6 Å². The number of hydrogen-bond donors (Lipinski definition) is 1. The summed E-state index contributed by atoms with van der Waals surface area (Å²) < 4.78 is 106. The second-order valence-electron chi connectivity index (χ2n) is 10.8. The van der Waals surface area contributed by atoms with Gasteiger partial charge in [0.15, 0.2) is 0 Å². The summed E-state index contributed by atoms with van der Waals surface area (Å²) in [6.07, 6.45) is -11.1. The largest absolute Gasteiger partial charge is 0.481 e. The predicted molar refractivity (Wildman–Crippen MR) is 146 cm³/mol. The topological polar surface area (TPSA) is 118 Å². The first-order chi connectivity index (χ1) is 21.5. The van der Waals surface area contributed by atoms with E-state index in [4.69, 9.17) is 14.6 Å². The van der Waals surface area contributed by atoms with Gasteiger partial charge >= 0.3 is 24.4 Å². The molecule has 0 bridgehead atoms. The van der Waals surface area contributed by atoms with Crippen LogP contribution >= 0.6 is 0 Å². The fourth-order valence-corrected chi connectivity index (χ4v) is 5.20. The molecular formula is C29H26F7N5O5. The van der Waals surface area contributed by atoms with Gasteiger partial charge in [-0.1, -0.05) is 0 Å². The fraction of sp³-hybridized carbons (Fsp3) is 0.414. The Morgan fingerprint density at radius 2 is 1.67 bits per heavy atom. The van der Waals surface area contributed by atoms with Crippen molar-refractivity contribution in [1.82, 2.24) is 19.9 Å². The fourth-order valence-electron chi connectivity index (χ4n) is 5.20. The van der Waals surface area contributed by atoms with E-state index in [0.717, 1.165) is 4.90 Å². The lowest BCUT2D eigenvalue weighted by atomic mass is 9.97. The molecule has 17 heteroatoms. The normalized spacial score (nSPS) is 18.8. The third kappa shape index (κ3) is 6.77. The Labute approximate surface area is 256 Å². The van der Waals surface area contributed by atoms with Gasteiger partial charge in [-0.25, -0.2) is 24.1 Å². The second kappa shape index (κ2) is 12.2. The molecule has 2 aliphatic heterocycles. The average molecular weight is 658 g/mol. The molecule has 1 aromatic carbocycles. The summed E-state index contributed by atoms with van der Waals surface area (Å²) in [5.41, 5.74) is -2.31. The van der Waals surface area contributed by atoms with Crippen LogP contribution in [0, 0.1) is 0 Å². The van der Waals surface area contributed by atoms with Gasteiger partial charge in [0, 0.05) is 29.9 Å². The summed E-state index contributed by atoms with van der Waals surface area (Å²) in [5.74, 6) is -0.820. The van der Waals surface area contributed by atoms with Crippen molar-refractivity contribution in [3.8, 4) is 17.0 Å². The molecule has 1 N–H and O–H groups in total. The molecule has 3 aromatic rings. The lowest BCUT2D eigenvalue weighted by molar-refractivity contribution is -0.143. The standard InChI is InChI=1S/C29H26F7N5O5/c1-14-24(16-6-17(28(31,32)33)8-18(7-16)29(34,35)36)46-27(44)41(14)13-22-21(10-38-26(39-22)40-11-19(30)12-40)20-5-15(3-4-23(42)43)9-37-25(20)45-2/h5-10,14,19,24H,3-4,11-13H2,1-2H3,(H,42,43)/t14-,24-/m0/s1. The van der Waals surface area contributed by atoms with Gasteiger partial charge in [0.2, 0.25) is 11.8 Å². The van der Waals surface area contributed by atoms with E-state index in [-0.39, 0.29) is 61.6 Å². The highest BCUT2D eigenvalue weighted by atomic mass is 19.4. The number of ether oxygens (including phenoxy) is 2. The van der Waals surface area contributed by atoms with Crippen molar-refractivity contribution < 1.29 is 54.9 Å². The van der Waals surface area contributed by atoms with Crippen LogP contribution in [0.2, 0.25) is 0 Å². The minimum atomic E-state index is -5.10. The summed E-state index contributed by atoms with van der Waals surface area (Å²) in [6, 6.07) is 1.55. The Kier molecular flexibility index (Phi) is 8.70. The molecule has 0 unspecified atom stereocenters. The van der Waals surface area contributed by atoms with Crippen molar-refractivity contribution in [1.29, 1.82) is 0 Å². The van der Waals surface area contributed by atoms with E-state index < -0.39 is 59.4 Å². The predicted octanol–water partition coefficient (Wildman–Crippen LogP) is 5.84. The molecule has 0 saturated carbocycles. The van der Waals surface area contributed by atoms with Crippen molar-refractivity contribution in [2.24, 2.45) is 0 Å². The molecule has 2 aromatic heterocycles. The highest BCUT2D eigenvalue weighted by molar-refractivity contribution is 5.74. The summed E-state index contributed by atoms with van der Waals surface area (Å²) in [5, 5.41) is 9.10. The Balaban J connectivity index is 1.53. The maximum atomic E-state index is 13.6. The number of halogens is 7. The zero-order chi connectivity index (χ0) is 33.6. The number of alkyl halides is 7. The highest BCUT2D eigenvalue weighted by Crippen LogP contribution is 2.42. The molecular weight excluding hydrogens is 631 g/mol. The number of methoxy groups -OCH3 is 1. The van der Waals surface area contributed by atoms with Crippen LogP contribution in [0.15, 0.2) is 36.7 Å². The van der Waals surface area contributed by atoms with Crippen LogP contribution in [0.5, 0.6) is 5.88 Å². The molecule has 246 valence electrons. The number of benzene rings is 1. The molecule has 5 rings (SSSR count). The summed E-state index contributed by atoms with van der Waals surface area (Å²) >= 11 is 0. The third-order valence-electron chi connectivity index (χ3n) is 7.64. The molecule has 2 saturated heterocycles. The quantitative estimate of drug-likeness (QED) is 0.283. The summed E-state index contributed by atoms with van der Waals surface area (Å²) in [6.45, 7) is 1.08. The maximum absolute atomic E-state index is 13.6. The number of carbonyl (C=O) groups excluding carboxylic acids is 1. The monoisotopic (exact) mass is 657 g/mol. The van der Waals surface area contributed by atoms with Crippen molar-refractivity contribution in [3.05, 3.63) is 64.6 Å². The minimum Gasteiger partial charge on any atom is -0.481 e. The number of aromatic nitrogens is 3. The van der Waals surface area contributed by atoms with E-state index in [0.29, 0.717) is 23.3 Å². The van der Waals surface area contributed by atoms with Gasteiger partial charge < -0.3 is 19.5 Å². The van der Waals surface area contributed by atoms with Gasteiger partial charge in [-0.15, -0.1) is 0 Å². The molecule has 2 fully saturated rings. The maximum Gasteiger partial charge on any atom is 0.416 e. The van der Waals surface area contributed by atoms with Crippen LogP contribution in [0.25, 0.3) is 11.1 Å². The number of rotatable bonds is 9. The number of aliphatic carboxylic acids is 1. The molecule has 2 atom stereocenters. The number of pyridine rings is 1. The van der Waals surface area contributed by atoms with Gasteiger partial charge in [0.25, 0.3) is 0 Å². The van der Waals surface area contributed by atoms with E-state index in [2.05, 4.69) is 15.0 Å². The van der Waals surface area contributed by atoms with Crippen LogP contribution in [0.3, 0.4) is 0 Å². The lowest BCUT2D eigenvalue weighted by Gasteiger charge is -2.34. The Morgan fingerprint density at radius 1 is 1.02 bits per heavy atom. The number of carboxylic acids is 1. The number of amides is 1. The highest BCUT2D eigenvalue weighted by Gasteiger charge is 2.44. The second-order valence-corrected chi connectivity index (χ2v) is 10.8. The number of aryl methyl sites for hydroxylation is 1. The minimum absolute atomic E-state index is 0.00958. The Hall–Kier alpha value is -4.70. The van der Waals surface area contributed by atoms with E-state index in [1.54, 1.807) is 6.07 Å². The van der Waals surface area contributed by atoms with Crippen molar-refractivity contribution >= 4 is 18.0 Å². The van der Waals surface area contributed by atoms with Gasteiger partial charge in [0.1, 0.15) is 12.3 Å². The van der Waals surface area contributed by atoms with Crippen molar-refractivity contribution in [2.75, 3.05) is 25.1 Å². The zero-order valence-electron chi connectivity index (χ0n) is 24.2. The van der Waals surface area contributed by atoms with Crippen molar-refractivity contribution in [2.45, 2.75) is 57.0 Å². The molecule has 10 nitrogen and oxygen atoms in total. The molecule has 4 heterocycles. The summed E-state index contributed by atoms with van der Waals surface area (Å²) in [4.78, 5) is 39.9. The number of carboxylic acid groups (broad SMARTS) is 1. The SMILES string of the molecule is COc1ncc(CCC(=O)O)cc1-c1cnc(N2CC(F)C2)nc1CN1C(=O)O[C@H](c2cc(C(F)(F)F)cc(C(F)(F)F)c2)[C@@H]1C. The van der Waals surface area contributed by atoms with Gasteiger partial charge in [-0.3, -0.25) is 9.69 Å². The first-order valence-corrected chi connectivity index (χ1v) is 13.8. The first kappa shape index (κ1) is 32.7. The Morgan fingerprint density at radius 3 is 2.24 bits per heavy atom. The van der Waals surface area contributed by atoms with Crippen LogP contribution in [0.4, 0.5) is 41.5 Å². The van der Waals surface area contributed by atoms with E-state index >= 15 is 0 Å². The summed E-state index contributed by atoms with van der Waals surface area (Å²) in [7, 11) is 1.34. The smallest absolute Gasteiger partial charge is 0.416 e. The number of cyclic esters (lactones) is 1. The molecule has 0 aliphatic carbocycles. The third-order valence-corrected chi connectivity index (χ3v) is 7.64. The van der Waals surface area contributed by atoms with Gasteiger partial charge in [-0.05, 0) is 48.7 Å². The average Bonchev–Trinajstić information content (AvgIpc) is 3.25. The molecule has 2 aliphatic rings. The first-order valence-electron chi connectivity index (χ1n) is 13.8. The van der Waals surface area contributed by atoms with Crippen LogP contribution in [-0.4, -0.2) is 69.4 Å². The number of hydrogen-bond acceptors (Lipinski definition) is 8. The van der Waals surface area contributed by atoms with Crippen LogP contribution in [-0.2, 0) is 34.8 Å². The van der Waals surface area contributed by atoms with Gasteiger partial charge in [-0.2, -0.15) is 26.3 Å². The molecule has 0 spiro atoms. The van der Waals surface area contributed by atoms with E-state index in [1.807, 2.05) is 0 Å². The van der Waals surface area contributed by atoms with Crippen molar-refractivity contribution in [3.63, 3.8) is 0 Å². The molecule has 1 amide bonds. The van der Waals surface area contributed by atoms with E-state index in [1.165, 1.54) is 31.3 Å². The van der Waals surface area contributed by atoms with Crippen LogP contribution < -0.4 is 9.64 Å². The number of anilines is 1. The zero-order valence-corrected chi connectivity index (χ0v) is 24.2. The number of carbonyl (C=O) groups is 2. The molecule has 46 heavy (non-hydrogen) atoms. The Bertz CT molecular complexity index is 1610. The van der Waals surface area contributed by atoms with E-state index in [9.17, 15) is 40.3 Å². The lowest BCUT2D eigenvalue weighted by Crippen LogP contribution is -2.49. The van der Waals surface area contributed by atoms with Crippen LogP contribution in [0.1, 0.15) is 47.4 Å².